The molecule has 0 aromatic heterocycles. The van der Waals surface area contributed by atoms with Gasteiger partial charge < -0.3 is 10.1 Å². The van der Waals surface area contributed by atoms with Crippen LogP contribution in [-0.2, 0) is 4.79 Å². The van der Waals surface area contributed by atoms with Crippen molar-refractivity contribution < 1.29 is 19.1 Å². The van der Waals surface area contributed by atoms with Gasteiger partial charge in [0.1, 0.15) is 12.4 Å². The molecule has 0 saturated heterocycles. The fourth-order valence-electron chi connectivity index (χ4n) is 3.16. The van der Waals surface area contributed by atoms with Crippen LogP contribution in [0.1, 0.15) is 46.0 Å². The Balaban J connectivity index is 1.41. The van der Waals surface area contributed by atoms with Gasteiger partial charge in [0.15, 0.2) is 0 Å². The van der Waals surface area contributed by atoms with Crippen LogP contribution in [0, 0.1) is 6.92 Å². The van der Waals surface area contributed by atoms with E-state index in [1.807, 2.05) is 38.1 Å². The number of fused-ring (bicyclic) bond motifs is 1. The van der Waals surface area contributed by atoms with Crippen molar-refractivity contribution in [1.29, 1.82) is 0 Å². The molecule has 0 aliphatic carbocycles. The normalized spacial score (nSPS) is 14.0. The molecule has 1 atom stereocenters. The molecule has 1 heterocycles. The average Bonchev–Trinajstić information content (AvgIpc) is 2.92. The molecule has 28 heavy (non-hydrogen) atoms. The van der Waals surface area contributed by atoms with E-state index in [0.29, 0.717) is 24.2 Å². The first kappa shape index (κ1) is 19.6. The summed E-state index contributed by atoms with van der Waals surface area (Å²) in [6.45, 7) is 4.45. The molecule has 0 spiro atoms. The van der Waals surface area contributed by atoms with Crippen LogP contribution in [0.2, 0.25) is 0 Å². The van der Waals surface area contributed by atoms with Gasteiger partial charge in [-0.15, -0.1) is 0 Å². The van der Waals surface area contributed by atoms with Crippen molar-refractivity contribution in [2.45, 2.75) is 32.7 Å². The third kappa shape index (κ3) is 4.39. The van der Waals surface area contributed by atoms with E-state index >= 15 is 0 Å². The predicted molar refractivity (Wildman–Crippen MR) is 105 cm³/mol. The summed E-state index contributed by atoms with van der Waals surface area (Å²) in [5.41, 5.74) is 1.90. The molecule has 1 aliphatic heterocycles. The van der Waals surface area contributed by atoms with Crippen molar-refractivity contribution in [1.82, 2.24) is 10.2 Å². The number of nitrogens with zero attached hydrogens (tertiary/aromatic N) is 1. The largest absolute Gasteiger partial charge is 0.491 e. The molecular formula is C22H24N2O4. The Morgan fingerprint density at radius 1 is 1.04 bits per heavy atom. The maximum absolute atomic E-state index is 12.3. The molecule has 0 bridgehead atoms. The SMILES string of the molecule is Cc1ccccc1OC[C@H](C)NC(=O)CCCN1C(=O)c2ccccc2C1=O. The Morgan fingerprint density at radius 3 is 2.29 bits per heavy atom. The zero-order chi connectivity index (χ0) is 20.1. The van der Waals surface area contributed by atoms with E-state index in [4.69, 9.17) is 4.74 Å². The van der Waals surface area contributed by atoms with Crippen LogP contribution in [-0.4, -0.2) is 41.8 Å². The standard InChI is InChI=1S/C22H24N2O4/c1-15-8-3-6-11-19(15)28-14-16(2)23-20(25)12-7-13-24-21(26)17-9-4-5-10-18(17)22(24)27/h3-6,8-11,16H,7,12-14H2,1-2H3,(H,23,25)/t16-/m0/s1. The Morgan fingerprint density at radius 2 is 1.64 bits per heavy atom. The number of para-hydroxylation sites is 1. The number of hydrogen-bond acceptors (Lipinski definition) is 4. The monoisotopic (exact) mass is 380 g/mol. The van der Waals surface area contributed by atoms with E-state index in [1.165, 1.54) is 4.90 Å². The minimum atomic E-state index is -0.291. The topological polar surface area (TPSA) is 75.7 Å². The van der Waals surface area contributed by atoms with Crippen molar-refractivity contribution in [3.05, 3.63) is 65.2 Å². The number of hydrogen-bond donors (Lipinski definition) is 1. The van der Waals surface area contributed by atoms with E-state index in [1.54, 1.807) is 24.3 Å². The minimum Gasteiger partial charge on any atom is -0.491 e. The highest BCUT2D eigenvalue weighted by Crippen LogP contribution is 2.22. The van der Waals surface area contributed by atoms with Gasteiger partial charge in [0.05, 0.1) is 17.2 Å². The van der Waals surface area contributed by atoms with Gasteiger partial charge in [-0.05, 0) is 44.0 Å². The highest BCUT2D eigenvalue weighted by molar-refractivity contribution is 6.21. The van der Waals surface area contributed by atoms with Gasteiger partial charge in [-0.25, -0.2) is 0 Å². The van der Waals surface area contributed by atoms with Crippen LogP contribution >= 0.6 is 0 Å². The Bertz CT molecular complexity index is 859. The van der Waals surface area contributed by atoms with Gasteiger partial charge >= 0.3 is 0 Å². The molecule has 0 fully saturated rings. The molecule has 3 amide bonds. The summed E-state index contributed by atoms with van der Waals surface area (Å²) in [7, 11) is 0. The molecule has 0 radical (unpaired) electrons. The molecule has 1 aliphatic rings. The lowest BCUT2D eigenvalue weighted by molar-refractivity contribution is -0.122. The van der Waals surface area contributed by atoms with E-state index in [0.717, 1.165) is 11.3 Å². The number of benzene rings is 2. The summed E-state index contributed by atoms with van der Waals surface area (Å²) in [6.07, 6.45) is 0.658. The van der Waals surface area contributed by atoms with Crippen LogP contribution in [0.4, 0.5) is 0 Å². The molecule has 6 heteroatoms. The van der Waals surface area contributed by atoms with Crippen molar-refractivity contribution in [3.63, 3.8) is 0 Å². The Kier molecular flexibility index (Phi) is 6.09. The highest BCUT2D eigenvalue weighted by atomic mass is 16.5. The number of amides is 3. The molecule has 1 N–H and O–H groups in total. The zero-order valence-corrected chi connectivity index (χ0v) is 16.1. The lowest BCUT2D eigenvalue weighted by Crippen LogP contribution is -2.37. The molecular weight excluding hydrogens is 356 g/mol. The van der Waals surface area contributed by atoms with Crippen molar-refractivity contribution in [2.75, 3.05) is 13.2 Å². The Labute approximate surface area is 164 Å². The first-order chi connectivity index (χ1) is 13.5. The molecule has 146 valence electrons. The first-order valence-electron chi connectivity index (χ1n) is 9.40. The summed E-state index contributed by atoms with van der Waals surface area (Å²) < 4.78 is 5.74. The summed E-state index contributed by atoms with van der Waals surface area (Å²) in [4.78, 5) is 37.9. The van der Waals surface area contributed by atoms with E-state index in [9.17, 15) is 14.4 Å². The van der Waals surface area contributed by atoms with Crippen LogP contribution < -0.4 is 10.1 Å². The van der Waals surface area contributed by atoms with Gasteiger partial charge in [-0.3, -0.25) is 19.3 Å². The molecule has 3 rings (SSSR count). The van der Waals surface area contributed by atoms with Crippen molar-refractivity contribution in [2.24, 2.45) is 0 Å². The summed E-state index contributed by atoms with van der Waals surface area (Å²) in [5, 5.41) is 2.88. The van der Waals surface area contributed by atoms with Crippen LogP contribution in [0.3, 0.4) is 0 Å². The Hall–Kier alpha value is -3.15. The van der Waals surface area contributed by atoms with E-state index in [-0.39, 0.29) is 36.7 Å². The van der Waals surface area contributed by atoms with E-state index in [2.05, 4.69) is 5.32 Å². The quantitative estimate of drug-likeness (QED) is 0.715. The summed E-state index contributed by atoms with van der Waals surface area (Å²) in [5.74, 6) is 0.0914. The molecule has 6 nitrogen and oxygen atoms in total. The number of carbonyl (C=O) groups is 3. The van der Waals surface area contributed by atoms with Gasteiger partial charge in [-0.1, -0.05) is 30.3 Å². The first-order valence-corrected chi connectivity index (χ1v) is 9.40. The third-order valence-electron chi connectivity index (χ3n) is 4.65. The number of aryl methyl sites for hydroxylation is 1. The number of rotatable bonds is 8. The van der Waals surface area contributed by atoms with Crippen LogP contribution in [0.5, 0.6) is 5.75 Å². The lowest BCUT2D eigenvalue weighted by atomic mass is 10.1. The number of ether oxygens (including phenoxy) is 1. The van der Waals surface area contributed by atoms with Crippen LogP contribution in [0.25, 0.3) is 0 Å². The third-order valence-corrected chi connectivity index (χ3v) is 4.65. The predicted octanol–water partition coefficient (Wildman–Crippen LogP) is 2.95. The number of nitrogens with one attached hydrogen (secondary N) is 1. The number of carbonyl (C=O) groups excluding carboxylic acids is 3. The molecule has 2 aromatic carbocycles. The maximum atomic E-state index is 12.3. The second kappa shape index (κ2) is 8.69. The maximum Gasteiger partial charge on any atom is 0.261 e. The van der Waals surface area contributed by atoms with Gasteiger partial charge in [0.25, 0.3) is 11.8 Å². The van der Waals surface area contributed by atoms with Crippen molar-refractivity contribution in [3.8, 4) is 5.75 Å². The lowest BCUT2D eigenvalue weighted by Gasteiger charge is -2.17. The van der Waals surface area contributed by atoms with Crippen LogP contribution in [0.15, 0.2) is 48.5 Å². The number of imide groups is 1. The highest BCUT2D eigenvalue weighted by Gasteiger charge is 2.34. The summed E-state index contributed by atoms with van der Waals surface area (Å²) >= 11 is 0. The fraction of sp³-hybridized carbons (Fsp3) is 0.318. The molecule has 2 aromatic rings. The zero-order valence-electron chi connectivity index (χ0n) is 16.1. The smallest absolute Gasteiger partial charge is 0.261 e. The van der Waals surface area contributed by atoms with E-state index < -0.39 is 0 Å². The van der Waals surface area contributed by atoms with Gasteiger partial charge in [0, 0.05) is 13.0 Å². The minimum absolute atomic E-state index is 0.127. The van der Waals surface area contributed by atoms with Crippen molar-refractivity contribution >= 4 is 17.7 Å². The molecule has 0 saturated carbocycles. The fourth-order valence-corrected chi connectivity index (χ4v) is 3.16. The van der Waals surface area contributed by atoms with Gasteiger partial charge in [0.2, 0.25) is 5.91 Å². The second-order valence-electron chi connectivity index (χ2n) is 6.96. The van der Waals surface area contributed by atoms with Gasteiger partial charge in [-0.2, -0.15) is 0 Å². The average molecular weight is 380 g/mol. The molecule has 0 unspecified atom stereocenters. The summed E-state index contributed by atoms with van der Waals surface area (Å²) in [6, 6.07) is 14.3. The second-order valence-corrected chi connectivity index (χ2v) is 6.96.